The van der Waals surface area contributed by atoms with Gasteiger partial charge in [0.25, 0.3) is 0 Å². The average molecular weight is 268 g/mol. The molecule has 4 nitrogen and oxygen atoms in total. The molecule has 1 aliphatic heterocycles. The highest BCUT2D eigenvalue weighted by molar-refractivity contribution is 5.55. The Balaban J connectivity index is 2.11. The molecule has 1 aromatic carbocycles. The molecule has 1 atom stereocenters. The van der Waals surface area contributed by atoms with Crippen molar-refractivity contribution in [3.8, 4) is 0 Å². The smallest absolute Gasteiger partial charge is 0.123 e. The number of hydrogen-bond donors (Lipinski definition) is 2. The third-order valence-electron chi connectivity index (χ3n) is 3.57. The lowest BCUT2D eigenvalue weighted by molar-refractivity contribution is 0.186. The van der Waals surface area contributed by atoms with E-state index in [0.717, 1.165) is 31.9 Å². The van der Waals surface area contributed by atoms with Gasteiger partial charge in [0, 0.05) is 44.0 Å². The van der Waals surface area contributed by atoms with Crippen LogP contribution in [0.3, 0.4) is 0 Å². The summed E-state index contributed by atoms with van der Waals surface area (Å²) >= 11 is 0. The molecule has 1 heterocycles. The van der Waals surface area contributed by atoms with Crippen molar-refractivity contribution in [3.05, 3.63) is 29.6 Å². The van der Waals surface area contributed by atoms with E-state index in [9.17, 15) is 9.50 Å². The lowest BCUT2D eigenvalue weighted by Gasteiger charge is -2.37. The predicted molar refractivity (Wildman–Crippen MR) is 72.8 cm³/mol. The van der Waals surface area contributed by atoms with Crippen LogP contribution in [-0.2, 0) is 0 Å². The fourth-order valence-electron chi connectivity index (χ4n) is 2.50. The van der Waals surface area contributed by atoms with Crippen LogP contribution in [0.1, 0.15) is 18.6 Å². The maximum Gasteiger partial charge on any atom is 0.123 e. The molecule has 0 radical (unpaired) electrons. The zero-order valence-corrected chi connectivity index (χ0v) is 11.2. The number of rotatable bonds is 4. The van der Waals surface area contributed by atoms with Crippen molar-refractivity contribution in [2.45, 2.75) is 13.0 Å². The van der Waals surface area contributed by atoms with Crippen LogP contribution in [0.15, 0.2) is 18.2 Å². The van der Waals surface area contributed by atoms with Gasteiger partial charge in [-0.25, -0.2) is 4.39 Å². The third-order valence-corrected chi connectivity index (χ3v) is 3.57. The molecule has 1 saturated heterocycles. The largest absolute Gasteiger partial charge is 0.395 e. The summed E-state index contributed by atoms with van der Waals surface area (Å²) in [7, 11) is 0. The molecule has 2 N–H and O–H groups in total. The van der Waals surface area contributed by atoms with Crippen LogP contribution in [0.25, 0.3) is 0 Å². The fourth-order valence-corrected chi connectivity index (χ4v) is 2.50. The second-order valence-electron chi connectivity index (χ2n) is 4.93. The van der Waals surface area contributed by atoms with Crippen molar-refractivity contribution >= 4 is 5.69 Å². The number of nitrogens with zero attached hydrogens (tertiary/aromatic N) is 2. The van der Waals surface area contributed by atoms with E-state index in [1.54, 1.807) is 13.0 Å². The Bertz CT molecular complexity index is 418. The van der Waals surface area contributed by atoms with E-state index in [1.165, 1.54) is 12.1 Å². The predicted octanol–water partition coefficient (Wildman–Crippen LogP) is 0.993. The Kier molecular flexibility index (Phi) is 4.74. The molecule has 0 saturated carbocycles. The molecule has 5 heteroatoms. The van der Waals surface area contributed by atoms with Crippen molar-refractivity contribution in [2.24, 2.45) is 0 Å². The first-order valence-electron chi connectivity index (χ1n) is 6.67. The molecule has 1 fully saturated rings. The van der Waals surface area contributed by atoms with Gasteiger partial charge in [-0.05, 0) is 25.1 Å². The monoisotopic (exact) mass is 268 g/mol. The van der Waals surface area contributed by atoms with Crippen LogP contribution >= 0.6 is 0 Å². The molecule has 1 aliphatic rings. The van der Waals surface area contributed by atoms with Gasteiger partial charge in [0.2, 0.25) is 0 Å². The fraction of sp³-hybridized carbons (Fsp3) is 0.571. The molecule has 1 aromatic rings. The summed E-state index contributed by atoms with van der Waals surface area (Å²) in [6.07, 6.45) is -0.679. The number of aliphatic hydroxyl groups is 2. The molecule has 0 aromatic heterocycles. The van der Waals surface area contributed by atoms with E-state index in [1.807, 2.05) is 0 Å². The Morgan fingerprint density at radius 2 is 1.95 bits per heavy atom. The van der Waals surface area contributed by atoms with Crippen LogP contribution in [0.5, 0.6) is 0 Å². The minimum atomic E-state index is -0.679. The molecule has 0 spiro atoms. The first-order chi connectivity index (χ1) is 9.11. The molecule has 0 unspecified atom stereocenters. The van der Waals surface area contributed by atoms with Gasteiger partial charge in [-0.15, -0.1) is 0 Å². The first-order valence-corrected chi connectivity index (χ1v) is 6.67. The molecular formula is C14H21FN2O2. The summed E-state index contributed by atoms with van der Waals surface area (Å²) in [5.41, 5.74) is 1.54. The van der Waals surface area contributed by atoms with E-state index >= 15 is 0 Å². The van der Waals surface area contributed by atoms with Gasteiger partial charge >= 0.3 is 0 Å². The van der Waals surface area contributed by atoms with Crippen molar-refractivity contribution in [3.63, 3.8) is 0 Å². The number of halogens is 1. The number of aliphatic hydroxyl groups excluding tert-OH is 2. The minimum absolute atomic E-state index is 0.176. The molecular weight excluding hydrogens is 247 g/mol. The zero-order valence-electron chi connectivity index (χ0n) is 11.2. The van der Waals surface area contributed by atoms with Crippen LogP contribution < -0.4 is 4.90 Å². The van der Waals surface area contributed by atoms with Gasteiger partial charge in [-0.3, -0.25) is 4.90 Å². The summed E-state index contributed by atoms with van der Waals surface area (Å²) in [5, 5.41) is 18.7. The number of β-amino-alcohol motifs (C(OH)–C–C–N with tert-alkyl or cyclic N) is 1. The van der Waals surface area contributed by atoms with Crippen LogP contribution in [0.4, 0.5) is 10.1 Å². The second-order valence-corrected chi connectivity index (χ2v) is 4.93. The van der Waals surface area contributed by atoms with E-state index in [-0.39, 0.29) is 12.4 Å². The van der Waals surface area contributed by atoms with E-state index < -0.39 is 6.10 Å². The van der Waals surface area contributed by atoms with Gasteiger partial charge in [-0.2, -0.15) is 0 Å². The SMILES string of the molecule is C[C@H](O)c1cc(F)ccc1N1CCN(CCO)CC1. The molecule has 0 amide bonds. The maximum atomic E-state index is 13.3. The first kappa shape index (κ1) is 14.2. The number of benzene rings is 1. The number of anilines is 1. The minimum Gasteiger partial charge on any atom is -0.395 e. The quantitative estimate of drug-likeness (QED) is 0.855. The highest BCUT2D eigenvalue weighted by atomic mass is 19.1. The van der Waals surface area contributed by atoms with E-state index in [0.29, 0.717) is 12.1 Å². The summed E-state index contributed by atoms with van der Waals surface area (Å²) in [6, 6.07) is 4.57. The molecule has 0 bridgehead atoms. The standard InChI is InChI=1S/C14H21FN2O2/c1-11(19)13-10-12(15)2-3-14(13)17-6-4-16(5-7-17)8-9-18/h2-3,10-11,18-19H,4-9H2,1H3/t11-/m0/s1. The number of hydrogen-bond acceptors (Lipinski definition) is 4. The molecule has 19 heavy (non-hydrogen) atoms. The topological polar surface area (TPSA) is 46.9 Å². The van der Waals surface area contributed by atoms with Gasteiger partial charge in [0.05, 0.1) is 12.7 Å². The van der Waals surface area contributed by atoms with Crippen molar-refractivity contribution in [1.29, 1.82) is 0 Å². The normalized spacial score (nSPS) is 18.6. The molecule has 106 valence electrons. The van der Waals surface area contributed by atoms with Gasteiger partial charge in [0.1, 0.15) is 5.82 Å². The van der Waals surface area contributed by atoms with Gasteiger partial charge in [-0.1, -0.05) is 0 Å². The Hall–Kier alpha value is -1.17. The maximum absolute atomic E-state index is 13.3. The summed E-state index contributed by atoms with van der Waals surface area (Å²) < 4.78 is 13.3. The third kappa shape index (κ3) is 3.43. The number of piperazine rings is 1. The lowest BCUT2D eigenvalue weighted by Crippen LogP contribution is -2.47. The van der Waals surface area contributed by atoms with Crippen molar-refractivity contribution in [1.82, 2.24) is 4.90 Å². The second kappa shape index (κ2) is 6.32. The molecule has 2 rings (SSSR count). The Morgan fingerprint density at radius 1 is 1.26 bits per heavy atom. The van der Waals surface area contributed by atoms with Crippen LogP contribution in [0, 0.1) is 5.82 Å². The van der Waals surface area contributed by atoms with E-state index in [2.05, 4.69) is 9.80 Å². The summed E-state index contributed by atoms with van der Waals surface area (Å²) in [6.45, 7) is 5.92. The Labute approximate surface area is 113 Å². The van der Waals surface area contributed by atoms with Crippen molar-refractivity contribution < 1.29 is 14.6 Å². The lowest BCUT2D eigenvalue weighted by atomic mass is 10.1. The van der Waals surface area contributed by atoms with Crippen LogP contribution in [-0.4, -0.2) is 54.4 Å². The molecule has 0 aliphatic carbocycles. The highest BCUT2D eigenvalue weighted by Crippen LogP contribution is 2.28. The van der Waals surface area contributed by atoms with Gasteiger partial charge < -0.3 is 15.1 Å². The zero-order chi connectivity index (χ0) is 13.8. The van der Waals surface area contributed by atoms with Crippen LogP contribution in [0.2, 0.25) is 0 Å². The van der Waals surface area contributed by atoms with Gasteiger partial charge in [0.15, 0.2) is 0 Å². The summed E-state index contributed by atoms with van der Waals surface area (Å²) in [4.78, 5) is 4.36. The Morgan fingerprint density at radius 3 is 2.53 bits per heavy atom. The van der Waals surface area contributed by atoms with E-state index in [4.69, 9.17) is 5.11 Å². The summed E-state index contributed by atoms with van der Waals surface area (Å²) in [5.74, 6) is -0.321. The highest BCUT2D eigenvalue weighted by Gasteiger charge is 2.20. The van der Waals surface area contributed by atoms with Crippen molar-refractivity contribution in [2.75, 3.05) is 44.2 Å². The average Bonchev–Trinajstić information content (AvgIpc) is 2.40.